The van der Waals surface area contributed by atoms with Crippen molar-refractivity contribution in [3.05, 3.63) is 34.7 Å². The third-order valence-corrected chi connectivity index (χ3v) is 7.35. The van der Waals surface area contributed by atoms with Gasteiger partial charge in [-0.15, -0.1) is 0 Å². The molecule has 1 fully saturated rings. The molecular weight excluding hydrogens is 398 g/mol. The quantitative estimate of drug-likeness (QED) is 0.677. The number of thioether (sulfide) groups is 1. The number of carbonyl (C=O) groups excluding carboxylic acids is 1. The Hall–Kier alpha value is -1.84. The molecule has 7 nitrogen and oxygen atoms in total. The first-order chi connectivity index (χ1) is 13.3. The SMILES string of the molecule is CCS(=O)(=O)N1CCN(C2=NC(=O)C(=Cc3ccc(OC(C)C)cc3)S2)CC1. The molecule has 0 N–H and O–H groups in total. The molecule has 0 aliphatic carbocycles. The van der Waals surface area contributed by atoms with Gasteiger partial charge in [0.05, 0.1) is 16.8 Å². The number of nitrogens with zero attached hydrogens (tertiary/aromatic N) is 3. The minimum Gasteiger partial charge on any atom is -0.491 e. The predicted molar refractivity (Wildman–Crippen MR) is 113 cm³/mol. The molecule has 1 amide bonds. The molecule has 0 saturated carbocycles. The average Bonchev–Trinajstić information content (AvgIpc) is 3.03. The van der Waals surface area contributed by atoms with Crippen molar-refractivity contribution in [3.8, 4) is 5.75 Å². The summed E-state index contributed by atoms with van der Waals surface area (Å²) in [6, 6.07) is 7.58. The van der Waals surface area contributed by atoms with E-state index in [9.17, 15) is 13.2 Å². The highest BCUT2D eigenvalue weighted by atomic mass is 32.2. The summed E-state index contributed by atoms with van der Waals surface area (Å²) in [6.07, 6.45) is 1.93. The minimum atomic E-state index is -3.17. The number of hydrogen-bond donors (Lipinski definition) is 0. The Morgan fingerprint density at radius 2 is 1.82 bits per heavy atom. The lowest BCUT2D eigenvalue weighted by Gasteiger charge is -2.34. The van der Waals surface area contributed by atoms with Gasteiger partial charge in [-0.25, -0.2) is 8.42 Å². The van der Waals surface area contributed by atoms with Gasteiger partial charge in [0, 0.05) is 26.2 Å². The number of hydrogen-bond acceptors (Lipinski definition) is 6. The molecule has 152 valence electrons. The summed E-state index contributed by atoms with van der Waals surface area (Å²) in [5, 5.41) is 0.643. The van der Waals surface area contributed by atoms with Crippen molar-refractivity contribution in [2.45, 2.75) is 26.9 Å². The standard InChI is InChI=1S/C19H25N3O4S2/c1-4-28(24,25)22-11-9-21(10-12-22)19-20-18(23)17(27-19)13-15-5-7-16(8-6-15)26-14(2)3/h5-8,13-14H,4,9-12H2,1-3H3. The Bertz CT molecular complexity index is 884. The molecule has 2 heterocycles. The van der Waals surface area contributed by atoms with Crippen molar-refractivity contribution in [1.29, 1.82) is 0 Å². The van der Waals surface area contributed by atoms with Crippen LogP contribution in [0.25, 0.3) is 6.08 Å². The van der Waals surface area contributed by atoms with Crippen molar-refractivity contribution in [2.75, 3.05) is 31.9 Å². The molecule has 9 heteroatoms. The van der Waals surface area contributed by atoms with Gasteiger partial charge in [0.1, 0.15) is 5.75 Å². The van der Waals surface area contributed by atoms with E-state index in [2.05, 4.69) is 4.99 Å². The molecule has 0 unspecified atom stereocenters. The first kappa shape index (κ1) is 20.9. The normalized spacial score (nSPS) is 20.1. The topological polar surface area (TPSA) is 79.3 Å². The van der Waals surface area contributed by atoms with Crippen LogP contribution in [0.3, 0.4) is 0 Å². The number of piperazine rings is 1. The van der Waals surface area contributed by atoms with Crippen molar-refractivity contribution < 1.29 is 17.9 Å². The summed E-state index contributed by atoms with van der Waals surface area (Å²) < 4.78 is 31.1. The summed E-state index contributed by atoms with van der Waals surface area (Å²) >= 11 is 1.34. The lowest BCUT2D eigenvalue weighted by Crippen LogP contribution is -2.50. The van der Waals surface area contributed by atoms with Gasteiger partial charge in [-0.2, -0.15) is 9.30 Å². The molecule has 0 spiro atoms. The highest BCUT2D eigenvalue weighted by molar-refractivity contribution is 8.18. The zero-order valence-corrected chi connectivity index (χ0v) is 17.9. The first-order valence-electron chi connectivity index (χ1n) is 9.30. The zero-order chi connectivity index (χ0) is 20.3. The number of amides is 1. The molecule has 2 aliphatic heterocycles. The molecule has 0 aromatic heterocycles. The Labute approximate surface area is 170 Å². The Balaban J connectivity index is 1.62. The van der Waals surface area contributed by atoms with Crippen molar-refractivity contribution >= 4 is 38.9 Å². The van der Waals surface area contributed by atoms with Crippen LogP contribution in [0.5, 0.6) is 5.75 Å². The van der Waals surface area contributed by atoms with E-state index >= 15 is 0 Å². The third kappa shape index (κ3) is 4.95. The van der Waals surface area contributed by atoms with Gasteiger partial charge in [0.15, 0.2) is 5.17 Å². The smallest absolute Gasteiger partial charge is 0.286 e. The molecule has 1 aromatic rings. The summed E-state index contributed by atoms with van der Waals surface area (Å²) in [6.45, 7) is 7.50. The van der Waals surface area contributed by atoms with E-state index < -0.39 is 10.0 Å². The van der Waals surface area contributed by atoms with E-state index in [-0.39, 0.29) is 17.8 Å². The highest BCUT2D eigenvalue weighted by Gasteiger charge is 2.31. The van der Waals surface area contributed by atoms with Crippen molar-refractivity contribution in [1.82, 2.24) is 9.21 Å². The van der Waals surface area contributed by atoms with Crippen LogP contribution in [0, 0.1) is 0 Å². The number of sulfonamides is 1. The van der Waals surface area contributed by atoms with E-state index in [1.165, 1.54) is 16.1 Å². The highest BCUT2D eigenvalue weighted by Crippen LogP contribution is 2.31. The summed E-state index contributed by atoms with van der Waals surface area (Å²) in [7, 11) is -3.17. The van der Waals surface area contributed by atoms with E-state index in [1.54, 1.807) is 6.92 Å². The van der Waals surface area contributed by atoms with E-state index in [1.807, 2.05) is 49.1 Å². The number of aliphatic imine (C=N–C) groups is 1. The van der Waals surface area contributed by atoms with Gasteiger partial charge in [-0.3, -0.25) is 4.79 Å². The van der Waals surface area contributed by atoms with Crippen molar-refractivity contribution in [3.63, 3.8) is 0 Å². The second-order valence-electron chi connectivity index (χ2n) is 6.83. The van der Waals surface area contributed by atoms with Gasteiger partial charge in [-0.05, 0) is 56.3 Å². The Morgan fingerprint density at radius 1 is 1.18 bits per heavy atom. The largest absolute Gasteiger partial charge is 0.491 e. The van der Waals surface area contributed by atoms with Crippen LogP contribution < -0.4 is 4.74 Å². The molecule has 1 saturated heterocycles. The van der Waals surface area contributed by atoms with Crippen molar-refractivity contribution in [2.24, 2.45) is 4.99 Å². The molecule has 28 heavy (non-hydrogen) atoms. The number of ether oxygens (including phenoxy) is 1. The molecule has 3 rings (SSSR count). The Morgan fingerprint density at radius 3 is 2.39 bits per heavy atom. The fourth-order valence-corrected chi connectivity index (χ4v) is 4.99. The van der Waals surface area contributed by atoms with Gasteiger partial charge in [-0.1, -0.05) is 12.1 Å². The molecule has 0 radical (unpaired) electrons. The number of rotatable bonds is 5. The zero-order valence-electron chi connectivity index (χ0n) is 16.3. The lowest BCUT2D eigenvalue weighted by molar-refractivity contribution is -0.113. The van der Waals surface area contributed by atoms with E-state index in [0.717, 1.165) is 11.3 Å². The minimum absolute atomic E-state index is 0.106. The predicted octanol–water partition coefficient (Wildman–Crippen LogP) is 2.41. The maximum absolute atomic E-state index is 12.3. The van der Waals surface area contributed by atoms with Crippen LogP contribution in [-0.4, -0.2) is 66.7 Å². The number of carbonyl (C=O) groups is 1. The van der Waals surface area contributed by atoms with Crippen LogP contribution in [0.1, 0.15) is 26.3 Å². The summed E-state index contributed by atoms with van der Waals surface area (Å²) in [5.41, 5.74) is 0.905. The van der Waals surface area contributed by atoms with Crippen LogP contribution in [-0.2, 0) is 14.8 Å². The van der Waals surface area contributed by atoms with Gasteiger partial charge in [0.2, 0.25) is 10.0 Å². The fraction of sp³-hybridized carbons (Fsp3) is 0.474. The maximum atomic E-state index is 12.3. The molecular formula is C19H25N3O4S2. The average molecular weight is 424 g/mol. The second-order valence-corrected chi connectivity index (χ2v) is 10.1. The summed E-state index contributed by atoms with van der Waals surface area (Å²) in [5.74, 6) is 0.639. The van der Waals surface area contributed by atoms with E-state index in [4.69, 9.17) is 4.74 Å². The fourth-order valence-electron chi connectivity index (χ4n) is 2.94. The number of benzene rings is 1. The molecule has 0 atom stereocenters. The van der Waals surface area contributed by atoms with Gasteiger partial charge < -0.3 is 9.64 Å². The third-order valence-electron chi connectivity index (χ3n) is 4.43. The monoisotopic (exact) mass is 423 g/mol. The van der Waals surface area contributed by atoms with Crippen LogP contribution in [0.2, 0.25) is 0 Å². The second kappa shape index (κ2) is 8.67. The number of amidine groups is 1. The van der Waals surface area contributed by atoms with Crippen LogP contribution in [0.15, 0.2) is 34.2 Å². The lowest BCUT2D eigenvalue weighted by atomic mass is 10.2. The molecule has 0 bridgehead atoms. The van der Waals surface area contributed by atoms with Gasteiger partial charge in [0.25, 0.3) is 5.91 Å². The van der Waals surface area contributed by atoms with E-state index in [0.29, 0.717) is 36.3 Å². The van der Waals surface area contributed by atoms with Gasteiger partial charge >= 0.3 is 0 Å². The van der Waals surface area contributed by atoms with Crippen LogP contribution in [0.4, 0.5) is 0 Å². The first-order valence-corrected chi connectivity index (χ1v) is 11.7. The summed E-state index contributed by atoms with van der Waals surface area (Å²) in [4.78, 5) is 19.0. The molecule has 1 aromatic carbocycles. The van der Waals surface area contributed by atoms with Crippen LogP contribution >= 0.6 is 11.8 Å². The molecule has 2 aliphatic rings. The maximum Gasteiger partial charge on any atom is 0.286 e. The Kier molecular flexibility index (Phi) is 6.47.